The maximum Gasteiger partial charge on any atom is 0.106 e. The van der Waals surface area contributed by atoms with Gasteiger partial charge in [-0.05, 0) is 0 Å². The maximum absolute atomic E-state index is 6.30. The first-order chi connectivity index (χ1) is 2.91. The van der Waals surface area contributed by atoms with Gasteiger partial charge in [-0.2, -0.15) is 5.10 Å². The molecule has 0 saturated heterocycles. The Balaban J connectivity index is 2.85. The van der Waals surface area contributed by atoms with Gasteiger partial charge in [0.1, 0.15) is 6.34 Å². The number of rotatable bonds is 2. The van der Waals surface area contributed by atoms with Crippen LogP contribution >= 0.6 is 0 Å². The van der Waals surface area contributed by atoms with Crippen molar-refractivity contribution in [1.29, 1.82) is 5.41 Å². The molecule has 0 spiro atoms. The zero-order chi connectivity index (χ0) is 4.83. The molecule has 0 aliphatic carbocycles. The van der Waals surface area contributed by atoms with Crippen LogP contribution in [-0.4, -0.2) is 12.7 Å². The SMILES string of the molecule is N=CN/N=C/N. The zero-order valence-corrected chi connectivity index (χ0v) is 3.18. The summed E-state index contributed by atoms with van der Waals surface area (Å²) in [4.78, 5) is 0. The lowest BCUT2D eigenvalue weighted by Gasteiger charge is -1.77. The van der Waals surface area contributed by atoms with Gasteiger partial charge in [-0.3, -0.25) is 10.8 Å². The zero-order valence-electron chi connectivity index (χ0n) is 3.18. The molecule has 4 nitrogen and oxygen atoms in total. The first-order valence-corrected chi connectivity index (χ1v) is 1.39. The molecule has 4 heteroatoms. The molecule has 0 bridgehead atoms. The van der Waals surface area contributed by atoms with Gasteiger partial charge < -0.3 is 5.73 Å². The minimum absolute atomic E-state index is 0.934. The summed E-state index contributed by atoms with van der Waals surface area (Å²) in [5.74, 6) is 0. The van der Waals surface area contributed by atoms with E-state index in [9.17, 15) is 0 Å². The molecule has 0 fully saturated rings. The van der Waals surface area contributed by atoms with Crippen LogP contribution < -0.4 is 11.2 Å². The molecule has 0 amide bonds. The van der Waals surface area contributed by atoms with Gasteiger partial charge in [0.15, 0.2) is 0 Å². The highest BCUT2D eigenvalue weighted by atomic mass is 15.3. The van der Waals surface area contributed by atoms with E-state index in [4.69, 9.17) is 11.1 Å². The average molecular weight is 86.1 g/mol. The van der Waals surface area contributed by atoms with Gasteiger partial charge >= 0.3 is 0 Å². The molecule has 0 heterocycles. The molecule has 0 aromatic carbocycles. The molecular weight excluding hydrogens is 80.0 g/mol. The smallest absolute Gasteiger partial charge is 0.106 e. The molecule has 0 aromatic heterocycles. The monoisotopic (exact) mass is 86.1 g/mol. The Hall–Kier alpha value is -1.06. The van der Waals surface area contributed by atoms with Crippen LogP contribution in [0.15, 0.2) is 5.10 Å². The van der Waals surface area contributed by atoms with Gasteiger partial charge in [0, 0.05) is 0 Å². The minimum Gasteiger partial charge on any atom is -0.388 e. The molecule has 0 aliphatic rings. The molecule has 4 N–H and O–H groups in total. The van der Waals surface area contributed by atoms with Gasteiger partial charge in [-0.1, -0.05) is 0 Å². The maximum atomic E-state index is 6.30. The Kier molecular flexibility index (Phi) is 3.24. The van der Waals surface area contributed by atoms with Gasteiger partial charge in [-0.15, -0.1) is 0 Å². The van der Waals surface area contributed by atoms with Crippen molar-refractivity contribution in [1.82, 2.24) is 5.43 Å². The standard InChI is InChI=1S/C2H6N4/c3-1-5-6-2-4/h1-2H,(H2,3,5)(H2,4,6). The highest BCUT2D eigenvalue weighted by Crippen LogP contribution is 1.37. The van der Waals surface area contributed by atoms with Crippen molar-refractivity contribution in [3.05, 3.63) is 0 Å². The fourth-order valence-corrected chi connectivity index (χ4v) is 0.0803. The lowest BCUT2D eigenvalue weighted by Crippen LogP contribution is -2.02. The Morgan fingerprint density at radius 2 is 2.50 bits per heavy atom. The van der Waals surface area contributed by atoms with Crippen LogP contribution in [0.1, 0.15) is 0 Å². The van der Waals surface area contributed by atoms with E-state index in [0.29, 0.717) is 0 Å². The summed E-state index contributed by atoms with van der Waals surface area (Å²) in [7, 11) is 0. The van der Waals surface area contributed by atoms with Crippen LogP contribution in [0.25, 0.3) is 0 Å². The molecule has 0 aromatic rings. The molecule has 0 radical (unpaired) electrons. The Morgan fingerprint density at radius 3 is 2.67 bits per heavy atom. The largest absolute Gasteiger partial charge is 0.388 e. The molecule has 6 heavy (non-hydrogen) atoms. The van der Waals surface area contributed by atoms with E-state index >= 15 is 0 Å². The van der Waals surface area contributed by atoms with Crippen LogP contribution in [0.4, 0.5) is 0 Å². The number of hydrogen-bond acceptors (Lipinski definition) is 2. The third-order valence-electron chi connectivity index (χ3n) is 0.214. The second kappa shape index (κ2) is 3.94. The molecule has 0 aliphatic heterocycles. The number of nitrogens with zero attached hydrogens (tertiary/aromatic N) is 1. The summed E-state index contributed by atoms with van der Waals surface area (Å²) in [6, 6.07) is 0. The van der Waals surface area contributed by atoms with Crippen LogP contribution in [-0.2, 0) is 0 Å². The van der Waals surface area contributed by atoms with E-state index in [1.54, 1.807) is 0 Å². The van der Waals surface area contributed by atoms with Crippen molar-refractivity contribution in [2.45, 2.75) is 0 Å². The van der Waals surface area contributed by atoms with Gasteiger partial charge in [0.05, 0.1) is 6.34 Å². The van der Waals surface area contributed by atoms with Crippen LogP contribution in [0.2, 0.25) is 0 Å². The Labute approximate surface area is 35.5 Å². The van der Waals surface area contributed by atoms with Gasteiger partial charge in [0.25, 0.3) is 0 Å². The average Bonchev–Trinajstić information content (AvgIpc) is 1.61. The van der Waals surface area contributed by atoms with E-state index in [1.807, 2.05) is 0 Å². The fraction of sp³-hybridized carbons (Fsp3) is 0. The molecular formula is C2H6N4. The Bertz CT molecular complexity index is 56.6. The molecule has 0 atom stereocenters. The van der Waals surface area contributed by atoms with Crippen LogP contribution in [0, 0.1) is 5.41 Å². The minimum atomic E-state index is 0.934. The van der Waals surface area contributed by atoms with E-state index < -0.39 is 0 Å². The summed E-state index contributed by atoms with van der Waals surface area (Å²) in [6.07, 6.45) is 2.01. The van der Waals surface area contributed by atoms with Crippen molar-refractivity contribution >= 4 is 12.7 Å². The molecule has 0 saturated carbocycles. The second-order valence-electron chi connectivity index (χ2n) is 0.552. The first-order valence-electron chi connectivity index (χ1n) is 1.39. The second-order valence-corrected chi connectivity index (χ2v) is 0.552. The summed E-state index contributed by atoms with van der Waals surface area (Å²) in [5.41, 5.74) is 6.94. The van der Waals surface area contributed by atoms with E-state index in [-0.39, 0.29) is 0 Å². The lowest BCUT2D eigenvalue weighted by atomic mass is 11.3. The van der Waals surface area contributed by atoms with Crippen molar-refractivity contribution in [2.75, 3.05) is 0 Å². The molecule has 0 unspecified atom stereocenters. The van der Waals surface area contributed by atoms with Crippen molar-refractivity contribution in [3.8, 4) is 0 Å². The van der Waals surface area contributed by atoms with E-state index in [0.717, 1.165) is 12.7 Å². The van der Waals surface area contributed by atoms with Crippen molar-refractivity contribution in [2.24, 2.45) is 10.8 Å². The summed E-state index contributed by atoms with van der Waals surface area (Å²) in [5, 5.41) is 9.55. The van der Waals surface area contributed by atoms with Gasteiger partial charge in [-0.25, -0.2) is 0 Å². The molecule has 0 rings (SSSR count). The fourth-order valence-electron chi connectivity index (χ4n) is 0.0803. The summed E-state index contributed by atoms with van der Waals surface area (Å²) < 4.78 is 0. The van der Waals surface area contributed by atoms with Crippen LogP contribution in [0.5, 0.6) is 0 Å². The third-order valence-corrected chi connectivity index (χ3v) is 0.214. The first kappa shape index (κ1) is 4.94. The summed E-state index contributed by atoms with van der Waals surface area (Å²) >= 11 is 0. The quantitative estimate of drug-likeness (QED) is 0.231. The number of nitrogens with two attached hydrogens (primary N) is 1. The summed E-state index contributed by atoms with van der Waals surface area (Å²) in [6.45, 7) is 0. The molecule has 34 valence electrons. The van der Waals surface area contributed by atoms with Gasteiger partial charge in [0.2, 0.25) is 0 Å². The lowest BCUT2D eigenvalue weighted by molar-refractivity contribution is 1.05. The number of nitrogens with one attached hydrogen (secondary N) is 2. The van der Waals surface area contributed by atoms with E-state index in [1.165, 1.54) is 0 Å². The highest BCUT2D eigenvalue weighted by Gasteiger charge is 1.52. The van der Waals surface area contributed by atoms with Crippen molar-refractivity contribution in [3.63, 3.8) is 0 Å². The highest BCUT2D eigenvalue weighted by molar-refractivity contribution is 5.55. The predicted octanol–water partition coefficient (Wildman–Crippen LogP) is -0.915. The predicted molar refractivity (Wildman–Crippen MR) is 24.6 cm³/mol. The topological polar surface area (TPSA) is 74.3 Å². The van der Waals surface area contributed by atoms with Crippen LogP contribution in [0.3, 0.4) is 0 Å². The van der Waals surface area contributed by atoms with Crippen molar-refractivity contribution < 1.29 is 0 Å². The van der Waals surface area contributed by atoms with E-state index in [2.05, 4.69) is 10.5 Å². The Morgan fingerprint density at radius 1 is 1.83 bits per heavy atom. The number of hydrazone groups is 1. The number of hydrogen-bond donors (Lipinski definition) is 3. The normalized spacial score (nSPS) is 8.67. The third kappa shape index (κ3) is 2.94.